The van der Waals surface area contributed by atoms with Gasteiger partial charge in [0.15, 0.2) is 0 Å². The van der Waals surface area contributed by atoms with Gasteiger partial charge in [-0.25, -0.2) is 5.43 Å². The largest absolute Gasteiger partial charge is 0.271 e. The molecule has 0 atom stereocenters. The van der Waals surface area contributed by atoms with E-state index in [9.17, 15) is 4.79 Å². The van der Waals surface area contributed by atoms with Gasteiger partial charge in [0.05, 0.1) is 0 Å². The number of aromatic nitrogens is 1. The molecule has 0 fully saturated rings. The van der Waals surface area contributed by atoms with Gasteiger partial charge in [-0.3, -0.25) is 9.78 Å². The van der Waals surface area contributed by atoms with Crippen molar-refractivity contribution in [2.75, 3.05) is 0 Å². The summed E-state index contributed by atoms with van der Waals surface area (Å²) in [6.07, 6.45) is 3.98. The normalized spacial score (nSPS) is 11.1. The summed E-state index contributed by atoms with van der Waals surface area (Å²) in [7, 11) is 0. The second-order valence-electron chi connectivity index (χ2n) is 2.88. The molecule has 1 amide bonds. The molecule has 0 unspecified atom stereocenters. The zero-order valence-corrected chi connectivity index (χ0v) is 8.32. The smallest absolute Gasteiger partial charge is 0.267 e. The number of hydrazone groups is 1. The maximum Gasteiger partial charge on any atom is 0.271 e. The highest BCUT2D eigenvalue weighted by Crippen LogP contribution is 1.95. The minimum absolute atomic E-state index is 0.208. The standard InChI is InChI=1S/C10H13N3O/c1-3-8(2)12-13-10(14)9-4-6-11-7-5-9/h4-7H,3H2,1-2H3,(H,13,14)/b12-8-. The Hall–Kier alpha value is -1.71. The fourth-order valence-electron chi connectivity index (χ4n) is 0.793. The van der Waals surface area contributed by atoms with E-state index in [0.717, 1.165) is 12.1 Å². The number of hydrogen-bond acceptors (Lipinski definition) is 3. The predicted molar refractivity (Wildman–Crippen MR) is 55.1 cm³/mol. The van der Waals surface area contributed by atoms with Gasteiger partial charge in [0.1, 0.15) is 0 Å². The van der Waals surface area contributed by atoms with Crippen molar-refractivity contribution in [3.8, 4) is 0 Å². The van der Waals surface area contributed by atoms with Crippen molar-refractivity contribution >= 4 is 11.6 Å². The van der Waals surface area contributed by atoms with Crippen LogP contribution in [0.1, 0.15) is 30.6 Å². The van der Waals surface area contributed by atoms with Crippen LogP contribution in [0.3, 0.4) is 0 Å². The summed E-state index contributed by atoms with van der Waals surface area (Å²) in [5.74, 6) is -0.208. The molecule has 0 aliphatic carbocycles. The lowest BCUT2D eigenvalue weighted by Gasteiger charge is -1.99. The van der Waals surface area contributed by atoms with E-state index >= 15 is 0 Å². The molecule has 0 radical (unpaired) electrons. The third-order valence-electron chi connectivity index (χ3n) is 1.80. The minimum atomic E-state index is -0.208. The van der Waals surface area contributed by atoms with E-state index in [1.54, 1.807) is 24.5 Å². The first-order valence-electron chi connectivity index (χ1n) is 4.47. The molecule has 14 heavy (non-hydrogen) atoms. The third-order valence-corrected chi connectivity index (χ3v) is 1.80. The molecule has 0 aliphatic rings. The highest BCUT2D eigenvalue weighted by Gasteiger charge is 2.02. The van der Waals surface area contributed by atoms with Crippen LogP contribution in [-0.2, 0) is 0 Å². The van der Waals surface area contributed by atoms with Crippen LogP contribution in [0, 0.1) is 0 Å². The van der Waals surface area contributed by atoms with Gasteiger partial charge in [-0.15, -0.1) is 0 Å². The van der Waals surface area contributed by atoms with Crippen LogP contribution >= 0.6 is 0 Å². The molecule has 1 N–H and O–H groups in total. The summed E-state index contributed by atoms with van der Waals surface area (Å²) in [4.78, 5) is 15.2. The summed E-state index contributed by atoms with van der Waals surface area (Å²) in [6, 6.07) is 3.29. The zero-order chi connectivity index (χ0) is 10.4. The van der Waals surface area contributed by atoms with Crippen molar-refractivity contribution < 1.29 is 4.79 Å². The molecule has 0 saturated heterocycles. The lowest BCUT2D eigenvalue weighted by atomic mass is 10.3. The van der Waals surface area contributed by atoms with Gasteiger partial charge in [-0.2, -0.15) is 5.10 Å². The number of nitrogens with one attached hydrogen (secondary N) is 1. The molecule has 1 aromatic heterocycles. The van der Waals surface area contributed by atoms with Gasteiger partial charge in [-0.05, 0) is 25.5 Å². The molecule has 0 aliphatic heterocycles. The second-order valence-corrected chi connectivity index (χ2v) is 2.88. The highest BCUT2D eigenvalue weighted by atomic mass is 16.2. The Labute approximate surface area is 83.1 Å². The molecule has 0 aromatic carbocycles. The average Bonchev–Trinajstić information content (AvgIpc) is 2.26. The molecule has 0 bridgehead atoms. The predicted octanol–water partition coefficient (Wildman–Crippen LogP) is 1.60. The van der Waals surface area contributed by atoms with Crippen molar-refractivity contribution in [1.82, 2.24) is 10.4 Å². The number of rotatable bonds is 3. The number of nitrogens with zero attached hydrogens (tertiary/aromatic N) is 2. The Morgan fingerprint density at radius 3 is 2.71 bits per heavy atom. The van der Waals surface area contributed by atoms with Gasteiger partial charge >= 0.3 is 0 Å². The van der Waals surface area contributed by atoms with Crippen LogP contribution in [0.5, 0.6) is 0 Å². The van der Waals surface area contributed by atoms with Crippen molar-refractivity contribution in [2.24, 2.45) is 5.10 Å². The first-order valence-corrected chi connectivity index (χ1v) is 4.47. The number of amides is 1. The van der Waals surface area contributed by atoms with Crippen LogP contribution in [0.15, 0.2) is 29.6 Å². The van der Waals surface area contributed by atoms with E-state index in [2.05, 4.69) is 15.5 Å². The van der Waals surface area contributed by atoms with Crippen molar-refractivity contribution in [3.63, 3.8) is 0 Å². The second kappa shape index (κ2) is 5.11. The molecule has 4 nitrogen and oxygen atoms in total. The Balaban J connectivity index is 2.60. The molecular formula is C10H13N3O. The van der Waals surface area contributed by atoms with E-state index in [-0.39, 0.29) is 5.91 Å². The monoisotopic (exact) mass is 191 g/mol. The van der Waals surface area contributed by atoms with Crippen LogP contribution in [0.4, 0.5) is 0 Å². The SMILES string of the molecule is CC/C(C)=N\NC(=O)c1ccncc1. The van der Waals surface area contributed by atoms with Crippen LogP contribution in [0.25, 0.3) is 0 Å². The molecule has 0 spiro atoms. The number of carbonyl (C=O) groups is 1. The summed E-state index contributed by atoms with van der Waals surface area (Å²) in [5, 5.41) is 3.92. The summed E-state index contributed by atoms with van der Waals surface area (Å²) >= 11 is 0. The Morgan fingerprint density at radius 1 is 1.50 bits per heavy atom. The summed E-state index contributed by atoms with van der Waals surface area (Å²) in [6.45, 7) is 3.85. The quantitative estimate of drug-likeness (QED) is 0.582. The maximum atomic E-state index is 11.4. The number of hydrogen-bond donors (Lipinski definition) is 1. The van der Waals surface area contributed by atoms with Gasteiger partial charge in [0, 0.05) is 23.7 Å². The van der Waals surface area contributed by atoms with Crippen LogP contribution in [-0.4, -0.2) is 16.6 Å². The Bertz CT molecular complexity index is 332. The van der Waals surface area contributed by atoms with Crippen molar-refractivity contribution in [1.29, 1.82) is 0 Å². The number of pyridine rings is 1. The molecule has 1 aromatic rings. The van der Waals surface area contributed by atoms with E-state index in [0.29, 0.717) is 5.56 Å². The third kappa shape index (κ3) is 2.97. The first-order chi connectivity index (χ1) is 6.74. The topological polar surface area (TPSA) is 54.4 Å². The molecule has 4 heteroatoms. The maximum absolute atomic E-state index is 11.4. The Morgan fingerprint density at radius 2 is 2.14 bits per heavy atom. The van der Waals surface area contributed by atoms with E-state index in [1.807, 2.05) is 13.8 Å². The average molecular weight is 191 g/mol. The highest BCUT2D eigenvalue weighted by molar-refractivity contribution is 5.95. The van der Waals surface area contributed by atoms with E-state index in [1.165, 1.54) is 0 Å². The fourth-order valence-corrected chi connectivity index (χ4v) is 0.793. The van der Waals surface area contributed by atoms with Gasteiger partial charge in [0.25, 0.3) is 5.91 Å². The molecule has 74 valence electrons. The van der Waals surface area contributed by atoms with E-state index < -0.39 is 0 Å². The lowest BCUT2D eigenvalue weighted by molar-refractivity contribution is 0.0954. The first kappa shape index (κ1) is 10.4. The fraction of sp³-hybridized carbons (Fsp3) is 0.300. The minimum Gasteiger partial charge on any atom is -0.267 e. The van der Waals surface area contributed by atoms with Crippen molar-refractivity contribution in [3.05, 3.63) is 30.1 Å². The zero-order valence-electron chi connectivity index (χ0n) is 8.32. The van der Waals surface area contributed by atoms with E-state index in [4.69, 9.17) is 0 Å². The molecule has 1 heterocycles. The van der Waals surface area contributed by atoms with Gasteiger partial charge in [0.2, 0.25) is 0 Å². The Kier molecular flexibility index (Phi) is 3.79. The van der Waals surface area contributed by atoms with Crippen molar-refractivity contribution in [2.45, 2.75) is 20.3 Å². The van der Waals surface area contributed by atoms with Crippen LogP contribution < -0.4 is 5.43 Å². The lowest BCUT2D eigenvalue weighted by Crippen LogP contribution is -2.18. The summed E-state index contributed by atoms with van der Waals surface area (Å²) < 4.78 is 0. The van der Waals surface area contributed by atoms with Gasteiger partial charge < -0.3 is 0 Å². The molecular weight excluding hydrogens is 178 g/mol. The number of carbonyl (C=O) groups excluding carboxylic acids is 1. The molecule has 0 saturated carbocycles. The van der Waals surface area contributed by atoms with Crippen LogP contribution in [0.2, 0.25) is 0 Å². The van der Waals surface area contributed by atoms with Gasteiger partial charge in [-0.1, -0.05) is 6.92 Å². The molecule has 1 rings (SSSR count). The summed E-state index contributed by atoms with van der Waals surface area (Å²) in [5.41, 5.74) is 3.93.